The van der Waals surface area contributed by atoms with E-state index < -0.39 is 12.2 Å². The van der Waals surface area contributed by atoms with Crippen LogP contribution in [0.2, 0.25) is 0 Å². The van der Waals surface area contributed by atoms with Crippen LogP contribution >= 0.6 is 0 Å². The minimum atomic E-state index is -0.678. The lowest BCUT2D eigenvalue weighted by molar-refractivity contribution is -0.109. The summed E-state index contributed by atoms with van der Waals surface area (Å²) in [5.74, 6) is 0. The maximum Gasteiger partial charge on any atom is 0.122 e. The summed E-state index contributed by atoms with van der Waals surface area (Å²) in [5.41, 5.74) is 0. The Hall–Kier alpha value is -0.410. The summed E-state index contributed by atoms with van der Waals surface area (Å²) in [7, 11) is 0. The van der Waals surface area contributed by atoms with Crippen molar-refractivity contribution in [2.75, 3.05) is 0 Å². The number of rotatable bonds is 4. The number of aliphatic hydroxyl groups excluding tert-OH is 2. The van der Waals surface area contributed by atoms with Crippen LogP contribution in [0.25, 0.3) is 0 Å². The first-order valence-corrected chi connectivity index (χ1v) is 2.96. The van der Waals surface area contributed by atoms with Crippen molar-refractivity contribution in [2.45, 2.75) is 32.0 Å². The average molecular weight is 132 g/mol. The van der Waals surface area contributed by atoms with Crippen LogP contribution in [0.15, 0.2) is 0 Å². The molecule has 0 rings (SSSR count). The van der Waals surface area contributed by atoms with Crippen molar-refractivity contribution in [1.29, 1.82) is 0 Å². The van der Waals surface area contributed by atoms with E-state index in [4.69, 9.17) is 10.2 Å². The van der Waals surface area contributed by atoms with Crippen LogP contribution in [-0.4, -0.2) is 28.7 Å². The fraction of sp³-hybridized carbons (Fsp3) is 0.833. The first-order chi connectivity index (χ1) is 4.16. The van der Waals surface area contributed by atoms with Gasteiger partial charge in [-0.1, -0.05) is 0 Å². The molecular weight excluding hydrogens is 120 g/mol. The van der Waals surface area contributed by atoms with E-state index in [1.54, 1.807) is 6.92 Å². The third-order valence-corrected chi connectivity index (χ3v) is 0.981. The van der Waals surface area contributed by atoms with E-state index in [-0.39, 0.29) is 12.8 Å². The zero-order chi connectivity index (χ0) is 7.28. The predicted molar refractivity (Wildman–Crippen MR) is 33.0 cm³/mol. The van der Waals surface area contributed by atoms with Crippen LogP contribution in [0, 0.1) is 0 Å². The summed E-state index contributed by atoms with van der Waals surface area (Å²) in [4.78, 5) is 9.76. The van der Waals surface area contributed by atoms with Gasteiger partial charge in [-0.05, 0) is 13.3 Å². The quantitative estimate of drug-likeness (QED) is 0.517. The molecule has 0 saturated carbocycles. The van der Waals surface area contributed by atoms with Gasteiger partial charge in [0.15, 0.2) is 0 Å². The smallest absolute Gasteiger partial charge is 0.122 e. The Morgan fingerprint density at radius 3 is 2.44 bits per heavy atom. The maximum absolute atomic E-state index is 9.76. The molecule has 0 heterocycles. The molecular formula is C6H12O3. The van der Waals surface area contributed by atoms with E-state index in [1.807, 2.05) is 0 Å². The van der Waals surface area contributed by atoms with Crippen LogP contribution in [-0.2, 0) is 4.79 Å². The normalized spacial score (nSPS) is 16.8. The molecule has 0 aliphatic carbocycles. The summed E-state index contributed by atoms with van der Waals surface area (Å²) in [6.45, 7) is 1.58. The molecule has 0 aliphatic heterocycles. The van der Waals surface area contributed by atoms with Crippen LogP contribution in [0.5, 0.6) is 0 Å². The number of hydrogen-bond donors (Lipinski definition) is 2. The van der Waals surface area contributed by atoms with Crippen molar-refractivity contribution in [3.63, 3.8) is 0 Å². The largest absolute Gasteiger partial charge is 0.393 e. The number of carbonyl (C=O) groups excluding carboxylic acids is 1. The molecule has 3 heteroatoms. The molecule has 3 nitrogen and oxygen atoms in total. The molecule has 0 aliphatic rings. The lowest BCUT2D eigenvalue weighted by Crippen LogP contribution is -2.14. The SMILES string of the molecule is C[C@H](O)C[C@@H](O)CC=O. The first kappa shape index (κ1) is 8.59. The van der Waals surface area contributed by atoms with Crippen LogP contribution in [0.4, 0.5) is 0 Å². The van der Waals surface area contributed by atoms with Gasteiger partial charge < -0.3 is 15.0 Å². The van der Waals surface area contributed by atoms with Crippen molar-refractivity contribution in [1.82, 2.24) is 0 Å². The lowest BCUT2D eigenvalue weighted by Gasteiger charge is -2.07. The molecule has 0 aromatic rings. The fourth-order valence-electron chi connectivity index (χ4n) is 0.601. The average Bonchev–Trinajstić information content (AvgIpc) is 1.63. The molecule has 0 amide bonds. The Morgan fingerprint density at radius 1 is 1.56 bits per heavy atom. The van der Waals surface area contributed by atoms with Crippen molar-refractivity contribution < 1.29 is 15.0 Å². The third kappa shape index (κ3) is 5.46. The highest BCUT2D eigenvalue weighted by molar-refractivity contribution is 5.49. The summed E-state index contributed by atoms with van der Waals surface area (Å²) >= 11 is 0. The second-order valence-electron chi connectivity index (χ2n) is 2.14. The zero-order valence-electron chi connectivity index (χ0n) is 5.45. The van der Waals surface area contributed by atoms with Gasteiger partial charge in [0.05, 0.1) is 12.2 Å². The Bertz CT molecular complexity index is 80.4. The molecule has 0 saturated heterocycles. The minimum absolute atomic E-state index is 0.116. The lowest BCUT2D eigenvalue weighted by atomic mass is 10.1. The summed E-state index contributed by atoms with van der Waals surface area (Å²) in [6.07, 6.45) is -0.168. The number of aldehydes is 1. The Balaban J connectivity index is 3.25. The van der Waals surface area contributed by atoms with Gasteiger partial charge in [0.2, 0.25) is 0 Å². The molecule has 0 unspecified atom stereocenters. The zero-order valence-corrected chi connectivity index (χ0v) is 5.45. The molecule has 9 heavy (non-hydrogen) atoms. The van der Waals surface area contributed by atoms with E-state index in [9.17, 15) is 4.79 Å². The summed E-state index contributed by atoms with van der Waals surface area (Å²) < 4.78 is 0. The molecule has 0 radical (unpaired) electrons. The van der Waals surface area contributed by atoms with E-state index in [1.165, 1.54) is 0 Å². The van der Waals surface area contributed by atoms with Crippen LogP contribution < -0.4 is 0 Å². The fourth-order valence-corrected chi connectivity index (χ4v) is 0.601. The third-order valence-electron chi connectivity index (χ3n) is 0.981. The van der Waals surface area contributed by atoms with Gasteiger partial charge in [0.25, 0.3) is 0 Å². The van der Waals surface area contributed by atoms with Gasteiger partial charge in [-0.2, -0.15) is 0 Å². The first-order valence-electron chi connectivity index (χ1n) is 2.96. The van der Waals surface area contributed by atoms with E-state index in [0.29, 0.717) is 6.29 Å². The van der Waals surface area contributed by atoms with Crippen LogP contribution in [0.1, 0.15) is 19.8 Å². The number of aliphatic hydroxyl groups is 2. The molecule has 2 atom stereocenters. The second kappa shape index (κ2) is 4.47. The Labute approximate surface area is 54.3 Å². The van der Waals surface area contributed by atoms with Gasteiger partial charge in [0, 0.05) is 6.42 Å². The van der Waals surface area contributed by atoms with Crippen LogP contribution in [0.3, 0.4) is 0 Å². The molecule has 0 aromatic carbocycles. The topological polar surface area (TPSA) is 57.5 Å². The highest BCUT2D eigenvalue weighted by Gasteiger charge is 2.05. The van der Waals surface area contributed by atoms with Gasteiger partial charge in [0.1, 0.15) is 6.29 Å². The molecule has 2 N–H and O–H groups in total. The number of carbonyl (C=O) groups is 1. The van der Waals surface area contributed by atoms with Crippen molar-refractivity contribution >= 4 is 6.29 Å². The minimum Gasteiger partial charge on any atom is -0.393 e. The van der Waals surface area contributed by atoms with Gasteiger partial charge in [-0.15, -0.1) is 0 Å². The van der Waals surface area contributed by atoms with Crippen molar-refractivity contribution in [2.24, 2.45) is 0 Å². The summed E-state index contributed by atoms with van der Waals surface area (Å²) in [5, 5.41) is 17.5. The van der Waals surface area contributed by atoms with E-state index >= 15 is 0 Å². The van der Waals surface area contributed by atoms with E-state index in [2.05, 4.69) is 0 Å². The Morgan fingerprint density at radius 2 is 2.11 bits per heavy atom. The molecule has 0 aromatic heterocycles. The van der Waals surface area contributed by atoms with E-state index in [0.717, 1.165) is 0 Å². The summed E-state index contributed by atoms with van der Waals surface area (Å²) in [6, 6.07) is 0. The molecule has 0 spiro atoms. The van der Waals surface area contributed by atoms with Gasteiger partial charge in [-0.25, -0.2) is 0 Å². The Kier molecular flexibility index (Phi) is 4.26. The molecule has 0 bridgehead atoms. The van der Waals surface area contributed by atoms with Crippen molar-refractivity contribution in [3.05, 3.63) is 0 Å². The molecule has 0 fully saturated rings. The predicted octanol–water partition coefficient (Wildman–Crippen LogP) is -0.293. The van der Waals surface area contributed by atoms with Gasteiger partial charge >= 0.3 is 0 Å². The highest BCUT2D eigenvalue weighted by Crippen LogP contribution is 1.98. The highest BCUT2D eigenvalue weighted by atomic mass is 16.3. The molecule has 54 valence electrons. The number of hydrogen-bond acceptors (Lipinski definition) is 3. The second-order valence-corrected chi connectivity index (χ2v) is 2.14. The van der Waals surface area contributed by atoms with Crippen molar-refractivity contribution in [3.8, 4) is 0 Å². The maximum atomic E-state index is 9.76. The monoisotopic (exact) mass is 132 g/mol. The van der Waals surface area contributed by atoms with Gasteiger partial charge in [-0.3, -0.25) is 0 Å². The standard InChI is InChI=1S/C6H12O3/c1-5(8)4-6(9)2-3-7/h3,5-6,8-9H,2,4H2,1H3/t5-,6-/m0/s1.